The molecular formula is C27H36N4O3S. The smallest absolute Gasteiger partial charge is 0.303 e. The minimum absolute atomic E-state index is 0.335. The number of nitrogens with one attached hydrogen (secondary N) is 2. The number of anilines is 1. The largest absolute Gasteiger partial charge is 0.388 e. The van der Waals surface area contributed by atoms with Gasteiger partial charge < -0.3 is 9.88 Å². The van der Waals surface area contributed by atoms with Crippen LogP contribution in [0.5, 0.6) is 0 Å². The van der Waals surface area contributed by atoms with Gasteiger partial charge in [-0.05, 0) is 48.9 Å². The van der Waals surface area contributed by atoms with Crippen LogP contribution in [0.3, 0.4) is 0 Å². The normalized spacial score (nSPS) is 15.0. The van der Waals surface area contributed by atoms with Gasteiger partial charge in [-0.1, -0.05) is 50.5 Å². The van der Waals surface area contributed by atoms with Crippen molar-refractivity contribution < 1.29 is 13.2 Å². The average molecular weight is 497 g/mol. The number of amides is 1. The standard InChI is InChI=1S/C27H36N4O3S/c1-5-17-31-24-18-20(27(32)29-35(33,34)30(3)4)15-16-22(24)25(19-11-7-6-8-12-19)26(31)21-13-9-10-14-23(21)28-2/h9-10,13-16,18-19,28H,5-8,11-12,17H2,1-4H3,(H,29,32). The van der Waals surface area contributed by atoms with Crippen LogP contribution in [0, 0.1) is 0 Å². The van der Waals surface area contributed by atoms with Gasteiger partial charge >= 0.3 is 10.2 Å². The minimum atomic E-state index is -3.87. The van der Waals surface area contributed by atoms with Crippen molar-refractivity contribution in [3.05, 3.63) is 53.6 Å². The Morgan fingerprint density at radius 1 is 1.09 bits per heavy atom. The number of aromatic nitrogens is 1. The van der Waals surface area contributed by atoms with E-state index in [4.69, 9.17) is 0 Å². The number of benzene rings is 2. The number of aryl methyl sites for hydroxylation is 1. The Morgan fingerprint density at radius 2 is 1.80 bits per heavy atom. The molecule has 35 heavy (non-hydrogen) atoms. The van der Waals surface area contributed by atoms with Gasteiger partial charge in [0.1, 0.15) is 0 Å². The van der Waals surface area contributed by atoms with Gasteiger partial charge in [0, 0.05) is 55.4 Å². The number of hydrogen-bond donors (Lipinski definition) is 2. The van der Waals surface area contributed by atoms with Crippen LogP contribution in [0.2, 0.25) is 0 Å². The van der Waals surface area contributed by atoms with E-state index in [1.165, 1.54) is 44.6 Å². The van der Waals surface area contributed by atoms with Crippen molar-refractivity contribution in [1.82, 2.24) is 13.6 Å². The summed E-state index contributed by atoms with van der Waals surface area (Å²) in [5.41, 5.74) is 6.09. The molecule has 0 saturated heterocycles. The molecular weight excluding hydrogens is 460 g/mol. The Hall–Kier alpha value is -2.84. The van der Waals surface area contributed by atoms with Gasteiger partial charge in [-0.2, -0.15) is 12.7 Å². The van der Waals surface area contributed by atoms with E-state index in [0.717, 1.165) is 52.3 Å². The predicted molar refractivity (Wildman–Crippen MR) is 143 cm³/mol. The molecule has 1 aromatic heterocycles. The molecule has 3 aromatic rings. The Bertz CT molecular complexity index is 1320. The van der Waals surface area contributed by atoms with Crippen molar-refractivity contribution in [2.75, 3.05) is 26.5 Å². The molecule has 1 aliphatic carbocycles. The second-order valence-corrected chi connectivity index (χ2v) is 11.4. The van der Waals surface area contributed by atoms with Crippen LogP contribution < -0.4 is 10.0 Å². The third-order valence-electron chi connectivity index (χ3n) is 6.98. The van der Waals surface area contributed by atoms with Crippen molar-refractivity contribution in [2.24, 2.45) is 0 Å². The Balaban J connectivity index is 1.95. The van der Waals surface area contributed by atoms with Crippen LogP contribution in [-0.2, 0) is 16.8 Å². The molecule has 1 aliphatic rings. The fourth-order valence-corrected chi connectivity index (χ4v) is 5.78. The predicted octanol–water partition coefficient (Wildman–Crippen LogP) is 5.34. The monoisotopic (exact) mass is 496 g/mol. The fourth-order valence-electron chi connectivity index (χ4n) is 5.24. The number of nitrogens with zero attached hydrogens (tertiary/aromatic N) is 2. The maximum Gasteiger partial charge on any atom is 0.303 e. The molecule has 0 unspecified atom stereocenters. The maximum atomic E-state index is 12.9. The van der Waals surface area contributed by atoms with Gasteiger partial charge in [0.15, 0.2) is 0 Å². The van der Waals surface area contributed by atoms with Gasteiger partial charge in [-0.25, -0.2) is 4.72 Å². The first kappa shape index (κ1) is 25.3. The lowest BCUT2D eigenvalue weighted by Crippen LogP contribution is -2.39. The summed E-state index contributed by atoms with van der Waals surface area (Å²) in [4.78, 5) is 12.9. The number of fused-ring (bicyclic) bond motifs is 1. The van der Waals surface area contributed by atoms with E-state index >= 15 is 0 Å². The summed E-state index contributed by atoms with van der Waals surface area (Å²) in [6, 6.07) is 14.0. The summed E-state index contributed by atoms with van der Waals surface area (Å²) >= 11 is 0. The lowest BCUT2D eigenvalue weighted by atomic mass is 9.81. The third kappa shape index (κ3) is 4.95. The Labute approximate surface area is 208 Å². The third-order valence-corrected chi connectivity index (χ3v) is 8.39. The van der Waals surface area contributed by atoms with Crippen molar-refractivity contribution in [2.45, 2.75) is 57.9 Å². The highest BCUT2D eigenvalue weighted by molar-refractivity contribution is 7.87. The first-order chi connectivity index (χ1) is 16.8. The Morgan fingerprint density at radius 3 is 2.46 bits per heavy atom. The summed E-state index contributed by atoms with van der Waals surface area (Å²) in [7, 11) is 0.863. The molecule has 0 bridgehead atoms. The summed E-state index contributed by atoms with van der Waals surface area (Å²) in [5.74, 6) is -0.167. The topological polar surface area (TPSA) is 83.4 Å². The molecule has 0 spiro atoms. The first-order valence-corrected chi connectivity index (χ1v) is 13.9. The zero-order chi connectivity index (χ0) is 25.2. The van der Waals surface area contributed by atoms with E-state index in [-0.39, 0.29) is 0 Å². The van der Waals surface area contributed by atoms with Crippen LogP contribution in [-0.4, -0.2) is 44.3 Å². The SMILES string of the molecule is CCCn1c(-c2ccccc2NC)c(C2CCCCC2)c2ccc(C(=O)NS(=O)(=O)N(C)C)cc21. The van der Waals surface area contributed by atoms with Crippen LogP contribution in [0.4, 0.5) is 5.69 Å². The number of rotatable bonds is 8. The van der Waals surface area contributed by atoms with Crippen molar-refractivity contribution in [1.29, 1.82) is 0 Å². The van der Waals surface area contributed by atoms with Gasteiger partial charge in [0.05, 0.1) is 5.69 Å². The molecule has 1 fully saturated rings. The van der Waals surface area contributed by atoms with Crippen LogP contribution in [0.25, 0.3) is 22.2 Å². The maximum absolute atomic E-state index is 12.9. The van der Waals surface area contributed by atoms with Crippen molar-refractivity contribution in [3.8, 4) is 11.3 Å². The molecule has 1 saturated carbocycles. The van der Waals surface area contributed by atoms with E-state index in [9.17, 15) is 13.2 Å². The van der Waals surface area contributed by atoms with Crippen LogP contribution in [0.1, 0.15) is 67.3 Å². The van der Waals surface area contributed by atoms with E-state index in [2.05, 4.69) is 39.7 Å². The van der Waals surface area contributed by atoms with E-state index in [1.807, 2.05) is 25.2 Å². The molecule has 2 aromatic carbocycles. The number of carbonyl (C=O) groups excluding carboxylic acids is 1. The van der Waals surface area contributed by atoms with Crippen molar-refractivity contribution >= 4 is 32.7 Å². The molecule has 8 heteroatoms. The lowest BCUT2D eigenvalue weighted by molar-refractivity contribution is 0.0980. The van der Waals surface area contributed by atoms with E-state index < -0.39 is 16.1 Å². The summed E-state index contributed by atoms with van der Waals surface area (Å²) in [5, 5.41) is 4.51. The lowest BCUT2D eigenvalue weighted by Gasteiger charge is -2.24. The fraction of sp³-hybridized carbons (Fsp3) is 0.444. The molecule has 4 rings (SSSR count). The van der Waals surface area contributed by atoms with E-state index in [0.29, 0.717) is 11.5 Å². The van der Waals surface area contributed by atoms with Crippen LogP contribution >= 0.6 is 0 Å². The highest BCUT2D eigenvalue weighted by Crippen LogP contribution is 2.45. The summed E-state index contributed by atoms with van der Waals surface area (Å²) < 4.78 is 30.0. The zero-order valence-electron chi connectivity index (χ0n) is 21.1. The van der Waals surface area contributed by atoms with Gasteiger partial charge in [-0.3, -0.25) is 4.79 Å². The van der Waals surface area contributed by atoms with Gasteiger partial charge in [0.25, 0.3) is 5.91 Å². The molecule has 188 valence electrons. The molecule has 2 N–H and O–H groups in total. The minimum Gasteiger partial charge on any atom is -0.388 e. The average Bonchev–Trinajstić information content (AvgIpc) is 3.17. The summed E-state index contributed by atoms with van der Waals surface area (Å²) in [6.45, 7) is 2.96. The second kappa shape index (κ2) is 10.4. The second-order valence-electron chi connectivity index (χ2n) is 9.49. The van der Waals surface area contributed by atoms with Gasteiger partial charge in [0.2, 0.25) is 0 Å². The molecule has 0 atom stereocenters. The molecule has 1 heterocycles. The summed E-state index contributed by atoms with van der Waals surface area (Å²) in [6.07, 6.45) is 6.97. The number of carbonyl (C=O) groups is 1. The highest BCUT2D eigenvalue weighted by Gasteiger charge is 2.28. The molecule has 1 amide bonds. The van der Waals surface area contributed by atoms with Gasteiger partial charge in [-0.15, -0.1) is 0 Å². The molecule has 0 radical (unpaired) electrons. The number of hydrogen-bond acceptors (Lipinski definition) is 4. The quantitative estimate of drug-likeness (QED) is 0.441. The molecule has 0 aliphatic heterocycles. The van der Waals surface area contributed by atoms with E-state index in [1.54, 1.807) is 6.07 Å². The first-order valence-electron chi connectivity index (χ1n) is 12.5. The Kier molecular flexibility index (Phi) is 7.52. The zero-order valence-corrected chi connectivity index (χ0v) is 21.9. The molecule has 7 nitrogen and oxygen atoms in total. The van der Waals surface area contributed by atoms with Crippen molar-refractivity contribution in [3.63, 3.8) is 0 Å². The number of para-hydroxylation sites is 1. The highest BCUT2D eigenvalue weighted by atomic mass is 32.2. The van der Waals surface area contributed by atoms with Crippen LogP contribution in [0.15, 0.2) is 42.5 Å².